The van der Waals surface area contributed by atoms with Crippen LogP contribution in [0.3, 0.4) is 0 Å². The van der Waals surface area contributed by atoms with Crippen LogP contribution >= 0.6 is 24.8 Å². The number of nitrogens with zero attached hydrogens (tertiary/aromatic N) is 1. The van der Waals surface area contributed by atoms with Crippen molar-refractivity contribution in [1.29, 1.82) is 0 Å². The molecule has 1 heterocycles. The smallest absolute Gasteiger partial charge is 0.223 e. The van der Waals surface area contributed by atoms with Crippen molar-refractivity contribution < 1.29 is 9.53 Å². The molecule has 1 amide bonds. The van der Waals surface area contributed by atoms with Crippen LogP contribution in [0.25, 0.3) is 0 Å². The van der Waals surface area contributed by atoms with Crippen LogP contribution in [-0.2, 0) is 16.0 Å². The zero-order valence-electron chi connectivity index (χ0n) is 13.5. The minimum Gasteiger partial charge on any atom is -0.377 e. The van der Waals surface area contributed by atoms with E-state index in [0.29, 0.717) is 13.0 Å². The fraction of sp³-hybridized carbons (Fsp3) is 0.733. The molecule has 0 aromatic carbocycles. The van der Waals surface area contributed by atoms with E-state index in [1.165, 1.54) is 0 Å². The van der Waals surface area contributed by atoms with Crippen molar-refractivity contribution in [2.75, 3.05) is 13.2 Å². The molecular weight excluding hydrogens is 339 g/mol. The number of aromatic nitrogens is 2. The first-order valence-corrected chi connectivity index (χ1v) is 7.83. The SMILES string of the molecule is CCCO[C@@H]1CC[C@H](C(=O)NCCc2ncc[nH]2)C[C@H]1N.Cl.Cl. The van der Waals surface area contributed by atoms with Gasteiger partial charge in [0, 0.05) is 43.9 Å². The third-order valence-corrected chi connectivity index (χ3v) is 3.96. The van der Waals surface area contributed by atoms with Crippen LogP contribution in [-0.4, -0.2) is 41.2 Å². The molecule has 0 spiro atoms. The normalized spacial score (nSPS) is 23.5. The number of halogens is 2. The number of hydrogen-bond donors (Lipinski definition) is 3. The van der Waals surface area contributed by atoms with E-state index in [4.69, 9.17) is 10.5 Å². The second kappa shape index (κ2) is 11.7. The van der Waals surface area contributed by atoms with Crippen LogP contribution in [0.4, 0.5) is 0 Å². The second-order valence-electron chi connectivity index (χ2n) is 5.66. The predicted molar refractivity (Wildman–Crippen MR) is 95.1 cm³/mol. The summed E-state index contributed by atoms with van der Waals surface area (Å²) in [6.07, 6.45) is 7.77. The Morgan fingerprint density at radius 2 is 2.26 bits per heavy atom. The Hall–Kier alpha value is -0.820. The molecular formula is C15H28Cl2N4O2. The summed E-state index contributed by atoms with van der Waals surface area (Å²) < 4.78 is 5.73. The van der Waals surface area contributed by atoms with Gasteiger partial charge in [0.2, 0.25) is 5.91 Å². The Balaban J connectivity index is 0.00000242. The molecule has 2 rings (SSSR count). The minimum atomic E-state index is -0.0360. The van der Waals surface area contributed by atoms with Crippen LogP contribution in [0.15, 0.2) is 12.4 Å². The summed E-state index contributed by atoms with van der Waals surface area (Å²) in [5.41, 5.74) is 6.13. The number of carbonyl (C=O) groups is 1. The molecule has 0 radical (unpaired) electrons. The molecule has 1 aromatic rings. The van der Waals surface area contributed by atoms with Gasteiger partial charge < -0.3 is 20.8 Å². The van der Waals surface area contributed by atoms with E-state index in [0.717, 1.165) is 38.1 Å². The predicted octanol–water partition coefficient (Wildman–Crippen LogP) is 1.83. The third-order valence-electron chi connectivity index (χ3n) is 3.96. The molecule has 23 heavy (non-hydrogen) atoms. The van der Waals surface area contributed by atoms with Gasteiger partial charge in [-0.2, -0.15) is 0 Å². The number of H-pyrrole nitrogens is 1. The largest absolute Gasteiger partial charge is 0.377 e. The van der Waals surface area contributed by atoms with Crippen molar-refractivity contribution in [2.45, 2.75) is 51.2 Å². The fourth-order valence-corrected chi connectivity index (χ4v) is 2.78. The van der Waals surface area contributed by atoms with Crippen LogP contribution < -0.4 is 11.1 Å². The van der Waals surface area contributed by atoms with E-state index >= 15 is 0 Å². The number of rotatable bonds is 7. The highest BCUT2D eigenvalue weighted by atomic mass is 35.5. The van der Waals surface area contributed by atoms with Crippen molar-refractivity contribution in [3.8, 4) is 0 Å². The summed E-state index contributed by atoms with van der Waals surface area (Å²) in [5.74, 6) is 1.01. The highest BCUT2D eigenvalue weighted by Gasteiger charge is 2.32. The molecule has 1 aromatic heterocycles. The molecule has 1 saturated carbocycles. The number of aromatic amines is 1. The van der Waals surface area contributed by atoms with E-state index < -0.39 is 0 Å². The maximum absolute atomic E-state index is 12.2. The quantitative estimate of drug-likeness (QED) is 0.686. The van der Waals surface area contributed by atoms with Gasteiger partial charge in [-0.05, 0) is 25.7 Å². The number of carbonyl (C=O) groups excluding carboxylic acids is 1. The van der Waals surface area contributed by atoms with Crippen molar-refractivity contribution in [1.82, 2.24) is 15.3 Å². The Morgan fingerprint density at radius 1 is 1.48 bits per heavy atom. The first-order chi connectivity index (χ1) is 10.2. The standard InChI is InChI=1S/C15H26N4O2.2ClH/c1-2-9-21-13-4-3-11(10-12(13)16)15(20)19-6-5-14-17-7-8-18-14;;/h7-8,11-13H,2-6,9-10,16H2,1H3,(H,17,18)(H,19,20);2*1H/t11-,12+,13+;;/m0../s1. The fourth-order valence-electron chi connectivity index (χ4n) is 2.78. The Bertz CT molecular complexity index is 431. The second-order valence-corrected chi connectivity index (χ2v) is 5.66. The van der Waals surface area contributed by atoms with Gasteiger partial charge in [0.1, 0.15) is 5.82 Å². The molecule has 1 aliphatic carbocycles. The molecule has 0 bridgehead atoms. The number of imidazole rings is 1. The molecule has 6 nitrogen and oxygen atoms in total. The average molecular weight is 367 g/mol. The van der Waals surface area contributed by atoms with E-state index in [-0.39, 0.29) is 48.8 Å². The van der Waals surface area contributed by atoms with E-state index in [2.05, 4.69) is 22.2 Å². The average Bonchev–Trinajstić information content (AvgIpc) is 2.99. The van der Waals surface area contributed by atoms with E-state index in [1.807, 2.05) is 0 Å². The summed E-state index contributed by atoms with van der Waals surface area (Å²) in [5, 5.41) is 2.97. The van der Waals surface area contributed by atoms with E-state index in [1.54, 1.807) is 12.4 Å². The maximum Gasteiger partial charge on any atom is 0.223 e. The highest BCUT2D eigenvalue weighted by Crippen LogP contribution is 2.25. The molecule has 0 saturated heterocycles. The van der Waals surface area contributed by atoms with Crippen molar-refractivity contribution in [3.63, 3.8) is 0 Å². The molecule has 0 unspecified atom stereocenters. The zero-order chi connectivity index (χ0) is 15.1. The third kappa shape index (κ3) is 7.08. The van der Waals surface area contributed by atoms with Gasteiger partial charge in [-0.3, -0.25) is 4.79 Å². The Morgan fingerprint density at radius 3 is 2.87 bits per heavy atom. The van der Waals surface area contributed by atoms with Gasteiger partial charge >= 0.3 is 0 Å². The van der Waals surface area contributed by atoms with Gasteiger partial charge in [-0.15, -0.1) is 24.8 Å². The zero-order valence-corrected chi connectivity index (χ0v) is 15.1. The summed E-state index contributed by atoms with van der Waals surface area (Å²) in [4.78, 5) is 19.3. The van der Waals surface area contributed by atoms with Crippen molar-refractivity contribution in [2.24, 2.45) is 11.7 Å². The number of hydrogen-bond acceptors (Lipinski definition) is 4. The van der Waals surface area contributed by atoms with Crippen molar-refractivity contribution >= 4 is 30.7 Å². The summed E-state index contributed by atoms with van der Waals surface area (Å²) in [6, 6.07) is -0.0360. The van der Waals surface area contributed by atoms with Crippen LogP contribution in [0.5, 0.6) is 0 Å². The molecule has 3 atom stereocenters. The van der Waals surface area contributed by atoms with E-state index in [9.17, 15) is 4.79 Å². The van der Waals surface area contributed by atoms with Gasteiger partial charge in [0.25, 0.3) is 0 Å². The van der Waals surface area contributed by atoms with Gasteiger partial charge in [-0.25, -0.2) is 4.98 Å². The lowest BCUT2D eigenvalue weighted by Gasteiger charge is -2.33. The molecule has 1 fully saturated rings. The van der Waals surface area contributed by atoms with Crippen molar-refractivity contribution in [3.05, 3.63) is 18.2 Å². The molecule has 1 aliphatic rings. The number of nitrogens with two attached hydrogens (primary N) is 1. The van der Waals surface area contributed by atoms with Gasteiger partial charge in [0.05, 0.1) is 6.10 Å². The number of amides is 1. The van der Waals surface area contributed by atoms with Gasteiger partial charge in [0.15, 0.2) is 0 Å². The number of ether oxygens (including phenoxy) is 1. The Labute approximate surface area is 150 Å². The summed E-state index contributed by atoms with van der Waals surface area (Å²) >= 11 is 0. The Kier molecular flexibility index (Phi) is 11.3. The van der Waals surface area contributed by atoms with Crippen LogP contribution in [0.1, 0.15) is 38.4 Å². The monoisotopic (exact) mass is 366 g/mol. The first kappa shape index (κ1) is 22.2. The lowest BCUT2D eigenvalue weighted by molar-refractivity contribution is -0.127. The minimum absolute atomic E-state index is 0. The van der Waals surface area contributed by atoms with Crippen LogP contribution in [0, 0.1) is 5.92 Å². The molecule has 8 heteroatoms. The topological polar surface area (TPSA) is 93.0 Å². The lowest BCUT2D eigenvalue weighted by atomic mass is 9.83. The first-order valence-electron chi connectivity index (χ1n) is 7.83. The molecule has 4 N–H and O–H groups in total. The summed E-state index contributed by atoms with van der Waals surface area (Å²) in [7, 11) is 0. The molecule has 0 aliphatic heterocycles. The number of nitrogens with one attached hydrogen (secondary N) is 2. The van der Waals surface area contributed by atoms with Crippen LogP contribution in [0.2, 0.25) is 0 Å². The maximum atomic E-state index is 12.2. The lowest BCUT2D eigenvalue weighted by Crippen LogP contribution is -2.46. The summed E-state index contributed by atoms with van der Waals surface area (Å²) in [6.45, 7) is 3.44. The molecule has 134 valence electrons. The van der Waals surface area contributed by atoms with Gasteiger partial charge in [-0.1, -0.05) is 6.92 Å². The highest BCUT2D eigenvalue weighted by molar-refractivity contribution is 5.85.